The lowest BCUT2D eigenvalue weighted by Crippen LogP contribution is -2.62. The Bertz CT molecular complexity index is 834. The van der Waals surface area contributed by atoms with E-state index in [-0.39, 0.29) is 5.92 Å². The number of carbonyl (C=O) groups excluding carboxylic acids is 3. The summed E-state index contributed by atoms with van der Waals surface area (Å²) in [6.07, 6.45) is 0.381. The number of hydrogen-bond donors (Lipinski definition) is 2. The quantitative estimate of drug-likeness (QED) is 0.443. The molecular weight excluding hydrogens is 464 g/mol. The van der Waals surface area contributed by atoms with Crippen molar-refractivity contribution in [2.45, 2.75) is 76.4 Å². The first-order valence-electron chi connectivity index (χ1n) is 10.5. The normalized spacial score (nSPS) is 18.8. The summed E-state index contributed by atoms with van der Waals surface area (Å²) in [5, 5.41) is 6.32. The molecule has 0 heterocycles. The van der Waals surface area contributed by atoms with Gasteiger partial charge in [0.25, 0.3) is 0 Å². The third kappa shape index (κ3) is 6.69. The maximum atomic E-state index is 13.5. The maximum absolute atomic E-state index is 13.5. The van der Waals surface area contributed by atoms with E-state index in [1.54, 1.807) is 20.8 Å². The Kier molecular flexibility index (Phi) is 8.14. The van der Waals surface area contributed by atoms with Crippen LogP contribution in [-0.2, 0) is 37.2 Å². The second-order valence-electron chi connectivity index (χ2n) is 9.48. The van der Waals surface area contributed by atoms with E-state index in [0.29, 0.717) is 24.6 Å². The van der Waals surface area contributed by atoms with E-state index < -0.39 is 35.2 Å². The van der Waals surface area contributed by atoms with Gasteiger partial charge < -0.3 is 20.1 Å². The molecule has 2 unspecified atom stereocenters. The molecule has 0 aromatic heterocycles. The second kappa shape index (κ2) is 10.0. The zero-order valence-electron chi connectivity index (χ0n) is 19.1. The lowest BCUT2D eigenvalue weighted by Gasteiger charge is -2.32. The first-order valence-corrected chi connectivity index (χ1v) is 11.6. The van der Waals surface area contributed by atoms with E-state index >= 15 is 0 Å². The monoisotopic (exact) mass is 496 g/mol. The molecule has 0 saturated heterocycles. The fraction of sp³-hybridized carbons (Fsp3) is 0.609. The van der Waals surface area contributed by atoms with Gasteiger partial charge in [-0.3, -0.25) is 4.79 Å². The molecule has 0 fully saturated rings. The maximum Gasteiger partial charge on any atom is 0.408 e. The van der Waals surface area contributed by atoms with Crippen LogP contribution in [0.4, 0.5) is 4.79 Å². The topological polar surface area (TPSA) is 93.7 Å². The van der Waals surface area contributed by atoms with E-state index in [1.165, 1.54) is 7.11 Å². The molecule has 0 saturated carbocycles. The van der Waals surface area contributed by atoms with Gasteiger partial charge in [-0.15, -0.1) is 0 Å². The van der Waals surface area contributed by atoms with Crippen LogP contribution >= 0.6 is 15.9 Å². The molecule has 1 aliphatic carbocycles. The Hall–Kier alpha value is -2.09. The Morgan fingerprint density at radius 2 is 1.81 bits per heavy atom. The molecule has 31 heavy (non-hydrogen) atoms. The summed E-state index contributed by atoms with van der Waals surface area (Å²) in [4.78, 5) is 38.4. The molecule has 1 aromatic carbocycles. The van der Waals surface area contributed by atoms with E-state index in [4.69, 9.17) is 9.47 Å². The molecule has 8 heteroatoms. The largest absolute Gasteiger partial charge is 0.467 e. The second-order valence-corrected chi connectivity index (χ2v) is 10.0. The van der Waals surface area contributed by atoms with Crippen LogP contribution in [0.2, 0.25) is 0 Å². The van der Waals surface area contributed by atoms with Gasteiger partial charge in [-0.05, 0) is 49.8 Å². The smallest absolute Gasteiger partial charge is 0.408 e. The number of nitrogens with one attached hydrogen (secondary N) is 2. The van der Waals surface area contributed by atoms with Crippen LogP contribution in [-0.4, -0.2) is 42.3 Å². The van der Waals surface area contributed by atoms with Crippen molar-refractivity contribution in [3.05, 3.63) is 34.9 Å². The van der Waals surface area contributed by atoms with Gasteiger partial charge in [0, 0.05) is 18.2 Å². The number of halogens is 1. The van der Waals surface area contributed by atoms with E-state index in [1.807, 2.05) is 32.0 Å². The summed E-state index contributed by atoms with van der Waals surface area (Å²) in [7, 11) is 1.30. The molecule has 0 bridgehead atoms. The van der Waals surface area contributed by atoms with Crippen LogP contribution in [0.15, 0.2) is 18.2 Å². The highest BCUT2D eigenvalue weighted by Gasteiger charge is 2.47. The number of methoxy groups -OCH3 is 1. The van der Waals surface area contributed by atoms with Crippen LogP contribution in [0.25, 0.3) is 0 Å². The number of rotatable bonds is 7. The summed E-state index contributed by atoms with van der Waals surface area (Å²) in [5.41, 5.74) is 1.09. The van der Waals surface area contributed by atoms with Crippen LogP contribution in [0.3, 0.4) is 0 Å². The van der Waals surface area contributed by atoms with Gasteiger partial charge in [-0.2, -0.15) is 0 Å². The summed E-state index contributed by atoms with van der Waals surface area (Å²) in [6.45, 7) is 9.22. The molecule has 2 atom stereocenters. The molecule has 172 valence electrons. The molecule has 2 amide bonds. The number of fused-ring (bicyclic) bond motifs is 1. The fourth-order valence-corrected chi connectivity index (χ4v) is 4.09. The predicted molar refractivity (Wildman–Crippen MR) is 122 cm³/mol. The third-order valence-corrected chi connectivity index (χ3v) is 5.73. The fourth-order valence-electron chi connectivity index (χ4n) is 3.74. The van der Waals surface area contributed by atoms with Crippen molar-refractivity contribution >= 4 is 33.9 Å². The van der Waals surface area contributed by atoms with Crippen LogP contribution in [0, 0.1) is 5.92 Å². The minimum Gasteiger partial charge on any atom is -0.467 e. The first kappa shape index (κ1) is 25.2. The van der Waals surface area contributed by atoms with Crippen molar-refractivity contribution in [1.82, 2.24) is 10.6 Å². The van der Waals surface area contributed by atoms with Crippen molar-refractivity contribution in [3.63, 3.8) is 0 Å². The average Bonchev–Trinajstić information content (AvgIpc) is 3.02. The van der Waals surface area contributed by atoms with Gasteiger partial charge in [-0.1, -0.05) is 48.0 Å². The van der Waals surface area contributed by atoms with Gasteiger partial charge >= 0.3 is 12.1 Å². The van der Waals surface area contributed by atoms with Crippen LogP contribution < -0.4 is 10.6 Å². The zero-order valence-corrected chi connectivity index (χ0v) is 20.7. The summed E-state index contributed by atoms with van der Waals surface area (Å²) in [5.74, 6) is -0.765. The molecule has 0 radical (unpaired) electrons. The van der Waals surface area contributed by atoms with Gasteiger partial charge in [0.1, 0.15) is 17.2 Å². The number of alkyl carbamates (subject to hydrolysis) is 1. The number of benzene rings is 1. The minimum atomic E-state index is -1.25. The molecule has 1 aromatic rings. The first-order chi connectivity index (χ1) is 14.4. The Morgan fingerprint density at radius 3 is 2.35 bits per heavy atom. The van der Waals surface area contributed by atoms with Gasteiger partial charge in [0.2, 0.25) is 5.91 Å². The van der Waals surface area contributed by atoms with E-state index in [2.05, 4.69) is 26.6 Å². The van der Waals surface area contributed by atoms with Gasteiger partial charge in [0.15, 0.2) is 0 Å². The zero-order chi connectivity index (χ0) is 23.4. The van der Waals surface area contributed by atoms with E-state index in [9.17, 15) is 14.4 Å². The third-order valence-electron chi connectivity index (χ3n) is 5.08. The molecule has 0 aliphatic heterocycles. The molecule has 0 spiro atoms. The van der Waals surface area contributed by atoms with Gasteiger partial charge in [0.05, 0.1) is 7.11 Å². The number of amides is 2. The molecular formula is C23H33BrN2O5. The van der Waals surface area contributed by atoms with E-state index in [0.717, 1.165) is 16.7 Å². The lowest BCUT2D eigenvalue weighted by atomic mass is 9.93. The van der Waals surface area contributed by atoms with Gasteiger partial charge in [-0.25, -0.2) is 9.59 Å². The number of esters is 1. The Labute approximate surface area is 192 Å². The average molecular weight is 497 g/mol. The summed E-state index contributed by atoms with van der Waals surface area (Å²) < 4.78 is 10.3. The molecule has 1 aliphatic rings. The minimum absolute atomic E-state index is 0.168. The van der Waals surface area contributed by atoms with Crippen LogP contribution in [0.5, 0.6) is 0 Å². The number of hydrogen-bond acceptors (Lipinski definition) is 5. The molecule has 2 rings (SSSR count). The van der Waals surface area contributed by atoms with Crippen molar-refractivity contribution in [2.24, 2.45) is 5.92 Å². The Morgan fingerprint density at radius 1 is 1.16 bits per heavy atom. The number of alkyl halides is 1. The predicted octanol–water partition coefficient (Wildman–Crippen LogP) is 3.65. The SMILES string of the molecule is COC(=O)C(CC(C)C)NC(=O)C1(NC(=O)OC(C)(C)C)Cc2ccc(CBr)cc2C1. The van der Waals surface area contributed by atoms with Crippen molar-refractivity contribution in [3.8, 4) is 0 Å². The highest BCUT2D eigenvalue weighted by atomic mass is 79.9. The van der Waals surface area contributed by atoms with Crippen molar-refractivity contribution in [2.75, 3.05) is 7.11 Å². The van der Waals surface area contributed by atoms with Crippen molar-refractivity contribution < 1.29 is 23.9 Å². The number of carbonyl (C=O) groups is 3. The molecule has 7 nitrogen and oxygen atoms in total. The standard InChI is InChI=1S/C23H33BrN2O5/c1-14(2)9-18(19(27)30-6)25-20(28)23(26-21(29)31-22(3,4)5)11-16-8-7-15(13-24)10-17(16)12-23/h7-8,10,14,18H,9,11-13H2,1-6H3,(H,25,28)(H,26,29). The highest BCUT2D eigenvalue weighted by Crippen LogP contribution is 2.32. The Balaban J connectivity index is 2.34. The lowest BCUT2D eigenvalue weighted by molar-refractivity contribution is -0.146. The van der Waals surface area contributed by atoms with Crippen molar-refractivity contribution in [1.29, 1.82) is 0 Å². The number of ether oxygens (including phenoxy) is 2. The highest BCUT2D eigenvalue weighted by molar-refractivity contribution is 9.08. The summed E-state index contributed by atoms with van der Waals surface area (Å²) in [6, 6.07) is 5.20. The van der Waals surface area contributed by atoms with Crippen LogP contribution in [0.1, 0.15) is 57.7 Å². The summed E-state index contributed by atoms with van der Waals surface area (Å²) >= 11 is 3.46. The molecule has 2 N–H and O–H groups in total.